The van der Waals surface area contributed by atoms with Crippen LogP contribution in [0.1, 0.15) is 48.2 Å². The number of hydrogen-bond donors (Lipinski definition) is 1. The fourth-order valence-corrected chi connectivity index (χ4v) is 2.15. The normalized spacial score (nSPS) is 10.3. The second-order valence-corrected chi connectivity index (χ2v) is 5.36. The molecule has 116 valence electrons. The van der Waals surface area contributed by atoms with Crippen molar-refractivity contribution in [3.05, 3.63) is 34.9 Å². The fraction of sp³-hybridized carbons (Fsp3) is 0.529. The quantitative estimate of drug-likeness (QED) is 0.839. The zero-order valence-electron chi connectivity index (χ0n) is 13.5. The Kier molecular flexibility index (Phi) is 6.92. The van der Waals surface area contributed by atoms with E-state index in [0.717, 1.165) is 37.1 Å². The molecule has 2 amide bonds. The smallest absolute Gasteiger partial charge is 0.251 e. The first-order valence-electron chi connectivity index (χ1n) is 7.62. The monoisotopic (exact) mass is 290 g/mol. The minimum atomic E-state index is -0.195. The van der Waals surface area contributed by atoms with Gasteiger partial charge >= 0.3 is 0 Å². The van der Waals surface area contributed by atoms with Crippen molar-refractivity contribution in [2.75, 3.05) is 19.6 Å². The number of hydrogen-bond acceptors (Lipinski definition) is 2. The van der Waals surface area contributed by atoms with Crippen molar-refractivity contribution in [3.63, 3.8) is 0 Å². The molecule has 1 aromatic rings. The zero-order chi connectivity index (χ0) is 15.8. The second-order valence-electron chi connectivity index (χ2n) is 5.36. The number of carbonyl (C=O) groups is 2. The summed E-state index contributed by atoms with van der Waals surface area (Å²) in [6.07, 6.45) is 1.85. The van der Waals surface area contributed by atoms with Gasteiger partial charge < -0.3 is 10.2 Å². The van der Waals surface area contributed by atoms with Gasteiger partial charge in [0.15, 0.2) is 0 Å². The molecule has 4 heteroatoms. The van der Waals surface area contributed by atoms with Crippen molar-refractivity contribution in [1.29, 1.82) is 0 Å². The van der Waals surface area contributed by atoms with E-state index in [-0.39, 0.29) is 18.4 Å². The Labute approximate surface area is 127 Å². The molecule has 21 heavy (non-hydrogen) atoms. The summed E-state index contributed by atoms with van der Waals surface area (Å²) in [6.45, 7) is 9.62. The third-order valence-corrected chi connectivity index (χ3v) is 3.51. The van der Waals surface area contributed by atoms with Crippen LogP contribution in [0.5, 0.6) is 0 Å². The van der Waals surface area contributed by atoms with Crippen LogP contribution in [-0.2, 0) is 4.79 Å². The Morgan fingerprint density at radius 2 is 1.67 bits per heavy atom. The van der Waals surface area contributed by atoms with Crippen LogP contribution < -0.4 is 5.32 Å². The first kappa shape index (κ1) is 17.2. The highest BCUT2D eigenvalue weighted by Gasteiger charge is 2.13. The van der Waals surface area contributed by atoms with Gasteiger partial charge in [0.05, 0.1) is 6.54 Å². The van der Waals surface area contributed by atoms with Crippen LogP contribution in [0.25, 0.3) is 0 Å². The molecule has 0 unspecified atom stereocenters. The highest BCUT2D eigenvalue weighted by atomic mass is 16.2. The van der Waals surface area contributed by atoms with Gasteiger partial charge in [0, 0.05) is 18.7 Å². The van der Waals surface area contributed by atoms with E-state index in [0.29, 0.717) is 5.56 Å². The summed E-state index contributed by atoms with van der Waals surface area (Å²) in [7, 11) is 0. The molecule has 0 radical (unpaired) electrons. The van der Waals surface area contributed by atoms with E-state index in [1.165, 1.54) is 0 Å². The van der Waals surface area contributed by atoms with Crippen molar-refractivity contribution in [2.45, 2.75) is 40.5 Å². The van der Waals surface area contributed by atoms with Crippen LogP contribution in [-0.4, -0.2) is 36.3 Å². The van der Waals surface area contributed by atoms with Crippen LogP contribution >= 0.6 is 0 Å². The van der Waals surface area contributed by atoms with Gasteiger partial charge in [0.1, 0.15) is 0 Å². The number of amides is 2. The number of nitrogens with zero attached hydrogens (tertiary/aromatic N) is 1. The lowest BCUT2D eigenvalue weighted by molar-refractivity contribution is -0.130. The van der Waals surface area contributed by atoms with Gasteiger partial charge in [-0.2, -0.15) is 0 Å². The topological polar surface area (TPSA) is 49.4 Å². The molecule has 1 N–H and O–H groups in total. The predicted molar refractivity (Wildman–Crippen MR) is 85.4 cm³/mol. The van der Waals surface area contributed by atoms with Crippen molar-refractivity contribution in [3.8, 4) is 0 Å². The first-order chi connectivity index (χ1) is 9.99. The third-order valence-electron chi connectivity index (χ3n) is 3.51. The van der Waals surface area contributed by atoms with Gasteiger partial charge in [0.2, 0.25) is 5.91 Å². The second kappa shape index (κ2) is 8.45. The summed E-state index contributed by atoms with van der Waals surface area (Å²) < 4.78 is 0. The Balaban J connectivity index is 2.58. The van der Waals surface area contributed by atoms with Crippen molar-refractivity contribution >= 4 is 11.8 Å². The molecule has 0 spiro atoms. The molecule has 0 aromatic heterocycles. The van der Waals surface area contributed by atoms with Crippen LogP contribution in [0.15, 0.2) is 18.2 Å². The predicted octanol–water partition coefficient (Wildman–Crippen LogP) is 2.68. The molecule has 0 aliphatic carbocycles. The van der Waals surface area contributed by atoms with E-state index in [2.05, 4.69) is 5.32 Å². The van der Waals surface area contributed by atoms with Crippen LogP contribution in [0.2, 0.25) is 0 Å². The average molecular weight is 290 g/mol. The number of carbonyl (C=O) groups excluding carboxylic acids is 2. The van der Waals surface area contributed by atoms with E-state index in [9.17, 15) is 9.59 Å². The lowest BCUT2D eigenvalue weighted by atomic mass is 10.1. The Morgan fingerprint density at radius 3 is 2.19 bits per heavy atom. The molecule has 4 nitrogen and oxygen atoms in total. The van der Waals surface area contributed by atoms with E-state index >= 15 is 0 Å². The minimum absolute atomic E-state index is 0.0177. The molecule has 0 atom stereocenters. The van der Waals surface area contributed by atoms with Crippen LogP contribution in [0, 0.1) is 13.8 Å². The third kappa shape index (κ3) is 5.21. The number of aryl methyl sites for hydroxylation is 2. The molecule has 1 aromatic carbocycles. The van der Waals surface area contributed by atoms with Crippen molar-refractivity contribution in [1.82, 2.24) is 10.2 Å². The lowest BCUT2D eigenvalue weighted by Gasteiger charge is -2.21. The zero-order valence-corrected chi connectivity index (χ0v) is 13.5. The van der Waals surface area contributed by atoms with Gasteiger partial charge in [-0.25, -0.2) is 0 Å². The standard InChI is InChI=1S/C17H26N2O2/c1-5-9-19(10-6-2)16(20)12-18-17(21)15-8-7-13(3)14(4)11-15/h7-8,11H,5-6,9-10,12H2,1-4H3,(H,18,21). The minimum Gasteiger partial charge on any atom is -0.343 e. The summed E-state index contributed by atoms with van der Waals surface area (Å²) in [5, 5.41) is 2.71. The van der Waals surface area contributed by atoms with E-state index in [4.69, 9.17) is 0 Å². The summed E-state index contributed by atoms with van der Waals surface area (Å²) in [6, 6.07) is 5.57. The summed E-state index contributed by atoms with van der Waals surface area (Å²) in [5.74, 6) is -0.213. The first-order valence-corrected chi connectivity index (χ1v) is 7.62. The Morgan fingerprint density at radius 1 is 1.05 bits per heavy atom. The van der Waals surface area contributed by atoms with Crippen molar-refractivity contribution < 1.29 is 9.59 Å². The molecular weight excluding hydrogens is 264 g/mol. The van der Waals surface area contributed by atoms with Crippen molar-refractivity contribution in [2.24, 2.45) is 0 Å². The highest BCUT2D eigenvalue weighted by molar-refractivity contribution is 5.96. The van der Waals surface area contributed by atoms with Gasteiger partial charge in [0.25, 0.3) is 5.91 Å². The number of nitrogens with one attached hydrogen (secondary N) is 1. The molecule has 0 saturated heterocycles. The van der Waals surface area contributed by atoms with E-state index in [1.807, 2.05) is 39.8 Å². The summed E-state index contributed by atoms with van der Waals surface area (Å²) in [5.41, 5.74) is 2.83. The van der Waals surface area contributed by atoms with Gasteiger partial charge in [-0.15, -0.1) is 0 Å². The van der Waals surface area contributed by atoms with Gasteiger partial charge in [-0.1, -0.05) is 19.9 Å². The Bertz CT molecular complexity index is 492. The molecule has 0 heterocycles. The van der Waals surface area contributed by atoms with Gasteiger partial charge in [-0.05, 0) is 49.9 Å². The average Bonchev–Trinajstić information content (AvgIpc) is 2.47. The maximum atomic E-state index is 12.1. The molecule has 0 aliphatic rings. The lowest BCUT2D eigenvalue weighted by Crippen LogP contribution is -2.41. The fourth-order valence-electron chi connectivity index (χ4n) is 2.15. The summed E-state index contributed by atoms with van der Waals surface area (Å²) in [4.78, 5) is 26.0. The summed E-state index contributed by atoms with van der Waals surface area (Å²) >= 11 is 0. The molecule has 1 rings (SSSR count). The molecule has 0 saturated carbocycles. The maximum Gasteiger partial charge on any atom is 0.251 e. The van der Waals surface area contributed by atoms with E-state index in [1.54, 1.807) is 11.0 Å². The van der Waals surface area contributed by atoms with Crippen LogP contribution in [0.4, 0.5) is 0 Å². The number of rotatable bonds is 7. The molecular formula is C17H26N2O2. The van der Waals surface area contributed by atoms with E-state index < -0.39 is 0 Å². The number of benzene rings is 1. The van der Waals surface area contributed by atoms with Crippen LogP contribution in [0.3, 0.4) is 0 Å². The SMILES string of the molecule is CCCN(CCC)C(=O)CNC(=O)c1ccc(C)c(C)c1. The van der Waals surface area contributed by atoms with Gasteiger partial charge in [-0.3, -0.25) is 9.59 Å². The largest absolute Gasteiger partial charge is 0.343 e. The Hall–Kier alpha value is -1.84. The highest BCUT2D eigenvalue weighted by Crippen LogP contribution is 2.09. The molecule has 0 bridgehead atoms. The molecule has 0 fully saturated rings. The molecule has 0 aliphatic heterocycles. The maximum absolute atomic E-state index is 12.1.